The van der Waals surface area contributed by atoms with E-state index in [1.807, 2.05) is 12.3 Å². The molecule has 1 aromatic rings. The van der Waals surface area contributed by atoms with Crippen LogP contribution in [-0.4, -0.2) is 11.5 Å². The third-order valence-electron chi connectivity index (χ3n) is 2.89. The Balaban J connectivity index is 2.28. The lowest BCUT2D eigenvalue weighted by atomic mass is 9.94. The summed E-state index contributed by atoms with van der Waals surface area (Å²) < 4.78 is 0. The van der Waals surface area contributed by atoms with Gasteiger partial charge >= 0.3 is 0 Å². The number of nitrogens with zero attached hydrogens (tertiary/aromatic N) is 1. The van der Waals surface area contributed by atoms with Crippen molar-refractivity contribution in [3.63, 3.8) is 0 Å². The van der Waals surface area contributed by atoms with Crippen LogP contribution in [0, 0.1) is 0 Å². The minimum Gasteiger partial charge on any atom is -0.330 e. The van der Waals surface area contributed by atoms with E-state index in [2.05, 4.69) is 4.98 Å². The van der Waals surface area contributed by atoms with Gasteiger partial charge in [0.05, 0.1) is 5.02 Å². The minimum atomic E-state index is 0.246. The Morgan fingerprint density at radius 3 is 2.64 bits per heavy atom. The fraction of sp³-hybridized carbons (Fsp3) is 0.500. The SMILES string of the molecule is NCCC1(c2cnc(Cl)c(Cl)c2)CC1. The van der Waals surface area contributed by atoms with Crippen molar-refractivity contribution in [1.82, 2.24) is 4.98 Å². The van der Waals surface area contributed by atoms with Crippen LogP contribution in [0.25, 0.3) is 0 Å². The molecule has 0 aliphatic heterocycles. The standard InChI is InChI=1S/C10H12Cl2N2/c11-8-5-7(6-14-9(8)12)10(1-2-10)3-4-13/h5-6H,1-4,13H2. The fourth-order valence-electron chi connectivity index (χ4n) is 1.82. The molecule has 0 amide bonds. The predicted molar refractivity (Wildman–Crippen MR) is 58.8 cm³/mol. The van der Waals surface area contributed by atoms with E-state index in [1.165, 1.54) is 18.4 Å². The van der Waals surface area contributed by atoms with Crippen LogP contribution in [0.4, 0.5) is 0 Å². The lowest BCUT2D eigenvalue weighted by Crippen LogP contribution is -2.13. The van der Waals surface area contributed by atoms with Crippen molar-refractivity contribution in [2.45, 2.75) is 24.7 Å². The number of hydrogen-bond donors (Lipinski definition) is 1. The molecule has 0 aromatic carbocycles. The highest BCUT2D eigenvalue weighted by atomic mass is 35.5. The van der Waals surface area contributed by atoms with Crippen molar-refractivity contribution in [3.05, 3.63) is 28.0 Å². The Bertz CT molecular complexity index is 348. The topological polar surface area (TPSA) is 38.9 Å². The summed E-state index contributed by atoms with van der Waals surface area (Å²) in [4.78, 5) is 4.06. The van der Waals surface area contributed by atoms with Crippen LogP contribution in [0.1, 0.15) is 24.8 Å². The molecule has 1 saturated carbocycles. The molecule has 0 unspecified atom stereocenters. The molecule has 14 heavy (non-hydrogen) atoms. The average molecular weight is 231 g/mol. The first-order valence-electron chi connectivity index (χ1n) is 4.69. The zero-order chi connectivity index (χ0) is 10.2. The normalized spacial score (nSPS) is 18.2. The van der Waals surface area contributed by atoms with E-state index in [4.69, 9.17) is 28.9 Å². The van der Waals surface area contributed by atoms with Gasteiger partial charge in [-0.15, -0.1) is 0 Å². The summed E-state index contributed by atoms with van der Waals surface area (Å²) in [5.74, 6) is 0. The van der Waals surface area contributed by atoms with Gasteiger partial charge in [0.2, 0.25) is 0 Å². The Labute approximate surface area is 93.4 Å². The molecule has 2 rings (SSSR count). The Morgan fingerprint density at radius 2 is 2.14 bits per heavy atom. The maximum absolute atomic E-state index is 5.92. The maximum Gasteiger partial charge on any atom is 0.147 e. The number of nitrogens with two attached hydrogens (primary N) is 1. The molecule has 2 N–H and O–H groups in total. The van der Waals surface area contributed by atoms with Gasteiger partial charge in [0.1, 0.15) is 5.15 Å². The van der Waals surface area contributed by atoms with Crippen LogP contribution in [-0.2, 0) is 5.41 Å². The van der Waals surface area contributed by atoms with Crippen molar-refractivity contribution in [3.8, 4) is 0 Å². The molecule has 76 valence electrons. The maximum atomic E-state index is 5.92. The van der Waals surface area contributed by atoms with E-state index in [1.54, 1.807) is 0 Å². The Kier molecular flexibility index (Phi) is 2.69. The van der Waals surface area contributed by atoms with Crippen LogP contribution >= 0.6 is 23.2 Å². The molecule has 1 fully saturated rings. The van der Waals surface area contributed by atoms with E-state index in [-0.39, 0.29) is 5.41 Å². The molecule has 0 saturated heterocycles. The molecule has 0 atom stereocenters. The lowest BCUT2D eigenvalue weighted by Gasteiger charge is -2.14. The van der Waals surface area contributed by atoms with E-state index in [0.717, 1.165) is 6.42 Å². The van der Waals surface area contributed by atoms with Crippen LogP contribution in [0.15, 0.2) is 12.3 Å². The average Bonchev–Trinajstić information content (AvgIpc) is 2.91. The molecule has 1 heterocycles. The lowest BCUT2D eigenvalue weighted by molar-refractivity contribution is 0.626. The van der Waals surface area contributed by atoms with Crippen molar-refractivity contribution in [1.29, 1.82) is 0 Å². The minimum absolute atomic E-state index is 0.246. The van der Waals surface area contributed by atoms with Gasteiger partial charge in [-0.25, -0.2) is 4.98 Å². The monoisotopic (exact) mass is 230 g/mol. The quantitative estimate of drug-likeness (QED) is 0.812. The number of halogens is 2. The van der Waals surface area contributed by atoms with Crippen LogP contribution < -0.4 is 5.73 Å². The molecular formula is C10H12Cl2N2. The molecule has 1 aliphatic carbocycles. The number of hydrogen-bond acceptors (Lipinski definition) is 2. The van der Waals surface area contributed by atoms with E-state index in [9.17, 15) is 0 Å². The third-order valence-corrected chi connectivity index (χ3v) is 3.57. The second-order valence-corrected chi connectivity index (χ2v) is 4.58. The molecule has 1 aliphatic rings. The molecule has 0 radical (unpaired) electrons. The van der Waals surface area contributed by atoms with E-state index in [0.29, 0.717) is 16.7 Å². The van der Waals surface area contributed by atoms with Gasteiger partial charge in [-0.05, 0) is 42.9 Å². The molecule has 0 spiro atoms. The highest BCUT2D eigenvalue weighted by molar-refractivity contribution is 6.41. The summed E-state index contributed by atoms with van der Waals surface area (Å²) in [7, 11) is 0. The zero-order valence-corrected chi connectivity index (χ0v) is 9.28. The summed E-state index contributed by atoms with van der Waals surface area (Å²) in [5, 5.41) is 0.909. The van der Waals surface area contributed by atoms with Crippen molar-refractivity contribution >= 4 is 23.2 Å². The van der Waals surface area contributed by atoms with Gasteiger partial charge in [0.15, 0.2) is 0 Å². The van der Waals surface area contributed by atoms with Gasteiger partial charge in [-0.1, -0.05) is 23.2 Å². The van der Waals surface area contributed by atoms with E-state index < -0.39 is 0 Å². The molecule has 2 nitrogen and oxygen atoms in total. The van der Waals surface area contributed by atoms with Gasteiger partial charge in [-0.3, -0.25) is 0 Å². The van der Waals surface area contributed by atoms with Crippen LogP contribution in [0.5, 0.6) is 0 Å². The zero-order valence-electron chi connectivity index (χ0n) is 7.76. The first-order valence-corrected chi connectivity index (χ1v) is 5.45. The fourth-order valence-corrected chi connectivity index (χ4v) is 2.09. The summed E-state index contributed by atoms with van der Waals surface area (Å²) in [6, 6.07) is 1.92. The molecule has 0 bridgehead atoms. The second kappa shape index (κ2) is 3.69. The predicted octanol–water partition coefficient (Wildman–Crippen LogP) is 2.77. The van der Waals surface area contributed by atoms with Crippen LogP contribution in [0.3, 0.4) is 0 Å². The highest BCUT2D eigenvalue weighted by Crippen LogP contribution is 2.51. The summed E-state index contributed by atoms with van der Waals surface area (Å²) in [6.07, 6.45) is 5.19. The second-order valence-electron chi connectivity index (χ2n) is 3.82. The summed E-state index contributed by atoms with van der Waals surface area (Å²) >= 11 is 11.7. The van der Waals surface area contributed by atoms with Crippen molar-refractivity contribution in [2.75, 3.05) is 6.54 Å². The van der Waals surface area contributed by atoms with Gasteiger partial charge < -0.3 is 5.73 Å². The Hall–Kier alpha value is -0.310. The Morgan fingerprint density at radius 1 is 1.43 bits per heavy atom. The van der Waals surface area contributed by atoms with Crippen LogP contribution in [0.2, 0.25) is 10.2 Å². The number of rotatable bonds is 3. The van der Waals surface area contributed by atoms with Crippen molar-refractivity contribution in [2.24, 2.45) is 5.73 Å². The number of aromatic nitrogens is 1. The first-order chi connectivity index (χ1) is 6.68. The third kappa shape index (κ3) is 1.74. The smallest absolute Gasteiger partial charge is 0.147 e. The molecule has 4 heteroatoms. The van der Waals surface area contributed by atoms with Gasteiger partial charge in [0, 0.05) is 6.20 Å². The van der Waals surface area contributed by atoms with Crippen molar-refractivity contribution < 1.29 is 0 Å². The molecule has 1 aromatic heterocycles. The van der Waals surface area contributed by atoms with E-state index >= 15 is 0 Å². The first kappa shape index (κ1) is 10.2. The number of pyridine rings is 1. The highest BCUT2D eigenvalue weighted by Gasteiger charge is 2.43. The van der Waals surface area contributed by atoms with Gasteiger partial charge in [-0.2, -0.15) is 0 Å². The molecular weight excluding hydrogens is 219 g/mol. The largest absolute Gasteiger partial charge is 0.330 e. The van der Waals surface area contributed by atoms with Gasteiger partial charge in [0.25, 0.3) is 0 Å². The summed E-state index contributed by atoms with van der Waals surface area (Å²) in [5.41, 5.74) is 7.00. The summed E-state index contributed by atoms with van der Waals surface area (Å²) in [6.45, 7) is 0.709.